The number of ketones is 1. The second kappa shape index (κ2) is 23.9. The number of carbonyl (C=O) groups excluding carboxylic acids is 2. The van der Waals surface area contributed by atoms with Crippen molar-refractivity contribution in [2.24, 2.45) is 5.73 Å². The van der Waals surface area contributed by atoms with E-state index in [4.69, 9.17) is 10.5 Å². The smallest absolute Gasteiger partial charge is 0.129 e. The van der Waals surface area contributed by atoms with Gasteiger partial charge in [0.25, 0.3) is 0 Å². The third-order valence-corrected chi connectivity index (χ3v) is 0.498. The summed E-state index contributed by atoms with van der Waals surface area (Å²) in [5.74, 6) is 0.255. The van der Waals surface area contributed by atoms with Crippen LogP contribution in [0.4, 0.5) is 0 Å². The summed E-state index contributed by atoms with van der Waals surface area (Å²) in [6.07, 6.45) is 0.667. The zero-order valence-electron chi connectivity index (χ0n) is 7.02. The van der Waals surface area contributed by atoms with E-state index in [-0.39, 0.29) is 5.78 Å². The van der Waals surface area contributed by atoms with Crippen LogP contribution in [0.2, 0.25) is 0 Å². The fourth-order valence-electron chi connectivity index (χ4n) is 0. The zero-order valence-corrected chi connectivity index (χ0v) is 7.02. The third kappa shape index (κ3) is 171. The lowest BCUT2D eigenvalue weighted by Gasteiger charge is -1.71. The highest BCUT2D eigenvalue weighted by Gasteiger charge is 1.76. The van der Waals surface area contributed by atoms with Gasteiger partial charge in [0.1, 0.15) is 12.6 Å². The van der Waals surface area contributed by atoms with Gasteiger partial charge in [-0.15, -0.1) is 0 Å². The Morgan fingerprint density at radius 2 is 1.50 bits per heavy atom. The first-order chi connectivity index (χ1) is 4.68. The van der Waals surface area contributed by atoms with E-state index in [0.717, 1.165) is 6.54 Å². The molecule has 0 rings (SSSR count). The van der Waals surface area contributed by atoms with Crippen LogP contribution in [0.25, 0.3) is 0 Å². The molecule has 0 spiro atoms. The SMILES string of the molecule is C=O.CCC(C)=O.CCN. The number of rotatable bonds is 1. The average molecular weight is 147 g/mol. The normalized spacial score (nSPS) is 6.00. The van der Waals surface area contributed by atoms with Crippen molar-refractivity contribution in [3.63, 3.8) is 0 Å². The van der Waals surface area contributed by atoms with Crippen molar-refractivity contribution >= 4 is 12.6 Å². The van der Waals surface area contributed by atoms with E-state index in [1.807, 2.05) is 20.6 Å². The van der Waals surface area contributed by atoms with E-state index < -0.39 is 0 Å². The van der Waals surface area contributed by atoms with E-state index in [9.17, 15) is 4.79 Å². The number of nitrogens with two attached hydrogens (primary N) is 1. The molecular formula is C7H17NO2. The van der Waals surface area contributed by atoms with Crippen LogP contribution in [-0.2, 0) is 9.59 Å². The molecule has 0 radical (unpaired) electrons. The summed E-state index contributed by atoms with van der Waals surface area (Å²) >= 11 is 0. The van der Waals surface area contributed by atoms with Crippen molar-refractivity contribution in [1.82, 2.24) is 0 Å². The minimum absolute atomic E-state index is 0.255. The molecule has 3 heteroatoms. The van der Waals surface area contributed by atoms with Crippen LogP contribution in [0.15, 0.2) is 0 Å². The summed E-state index contributed by atoms with van der Waals surface area (Å²) < 4.78 is 0. The lowest BCUT2D eigenvalue weighted by atomic mass is 10.4. The maximum Gasteiger partial charge on any atom is 0.129 e. The van der Waals surface area contributed by atoms with Crippen LogP contribution < -0.4 is 5.73 Å². The highest BCUT2D eigenvalue weighted by Crippen LogP contribution is 1.71. The highest BCUT2D eigenvalue weighted by atomic mass is 16.1. The molecule has 0 bridgehead atoms. The molecule has 0 aromatic heterocycles. The van der Waals surface area contributed by atoms with Crippen molar-refractivity contribution in [3.05, 3.63) is 0 Å². The summed E-state index contributed by atoms with van der Waals surface area (Å²) in [4.78, 5) is 17.8. The van der Waals surface area contributed by atoms with Crippen LogP contribution in [0, 0.1) is 0 Å². The molecule has 0 amide bonds. The molecule has 3 nitrogen and oxygen atoms in total. The maximum absolute atomic E-state index is 9.81. The van der Waals surface area contributed by atoms with Crippen LogP contribution in [0.3, 0.4) is 0 Å². The summed E-state index contributed by atoms with van der Waals surface area (Å²) in [6, 6.07) is 0. The predicted molar refractivity (Wildman–Crippen MR) is 42.8 cm³/mol. The Morgan fingerprint density at radius 1 is 1.40 bits per heavy atom. The molecule has 0 fully saturated rings. The van der Waals surface area contributed by atoms with Crippen LogP contribution in [0.5, 0.6) is 0 Å². The van der Waals surface area contributed by atoms with E-state index in [1.54, 1.807) is 6.92 Å². The Balaban J connectivity index is -0.0000000847. The van der Waals surface area contributed by atoms with Gasteiger partial charge < -0.3 is 15.3 Å². The lowest BCUT2D eigenvalue weighted by Crippen LogP contribution is -1.87. The van der Waals surface area contributed by atoms with Crippen molar-refractivity contribution in [3.8, 4) is 0 Å². The van der Waals surface area contributed by atoms with Crippen molar-refractivity contribution < 1.29 is 9.59 Å². The minimum Gasteiger partial charge on any atom is -0.331 e. The molecule has 0 heterocycles. The lowest BCUT2D eigenvalue weighted by molar-refractivity contribution is -0.116. The van der Waals surface area contributed by atoms with Crippen LogP contribution in [-0.4, -0.2) is 19.1 Å². The van der Waals surface area contributed by atoms with E-state index in [0.29, 0.717) is 6.42 Å². The second-order valence-corrected chi connectivity index (χ2v) is 1.46. The minimum atomic E-state index is 0.255. The van der Waals surface area contributed by atoms with E-state index in [1.165, 1.54) is 0 Å². The number of hydrogen-bond acceptors (Lipinski definition) is 3. The number of hydrogen-bond donors (Lipinski definition) is 1. The first-order valence-electron chi connectivity index (χ1n) is 3.17. The van der Waals surface area contributed by atoms with Gasteiger partial charge in [0.15, 0.2) is 0 Å². The van der Waals surface area contributed by atoms with Gasteiger partial charge in [0.05, 0.1) is 0 Å². The first kappa shape index (κ1) is 16.1. The standard InChI is InChI=1S/C4H8O.C2H7N.CH2O/c1-3-4(2)5;1-2-3;1-2/h3H2,1-2H3;2-3H2,1H3;1H2. The predicted octanol–water partition coefficient (Wildman–Crippen LogP) is 0.766. The fourth-order valence-corrected chi connectivity index (χ4v) is 0. The Bertz CT molecular complexity index is 64.6. The molecule has 0 atom stereocenters. The Hall–Kier alpha value is -0.700. The molecule has 0 unspecified atom stereocenters. The van der Waals surface area contributed by atoms with Gasteiger partial charge in [0, 0.05) is 6.42 Å². The number of carbonyl (C=O) groups is 2. The van der Waals surface area contributed by atoms with Gasteiger partial charge in [0.2, 0.25) is 0 Å². The second-order valence-electron chi connectivity index (χ2n) is 1.46. The van der Waals surface area contributed by atoms with Gasteiger partial charge >= 0.3 is 0 Å². The zero-order chi connectivity index (χ0) is 8.99. The molecule has 0 aromatic rings. The maximum atomic E-state index is 9.81. The Morgan fingerprint density at radius 3 is 1.50 bits per heavy atom. The largest absolute Gasteiger partial charge is 0.331 e. The molecule has 2 N–H and O–H groups in total. The summed E-state index contributed by atoms with van der Waals surface area (Å²) in [5.41, 5.74) is 4.85. The molecule has 0 saturated carbocycles. The molecule has 0 aromatic carbocycles. The topological polar surface area (TPSA) is 60.2 Å². The summed E-state index contributed by atoms with van der Waals surface area (Å²) in [6.45, 7) is 8.09. The molecule has 0 aliphatic heterocycles. The average Bonchev–Trinajstić information content (AvgIpc) is 1.94. The Kier molecular flexibility index (Phi) is 38.6. The summed E-state index contributed by atoms with van der Waals surface area (Å²) in [7, 11) is 0. The molecule has 0 saturated heterocycles. The highest BCUT2D eigenvalue weighted by molar-refractivity contribution is 5.74. The van der Waals surface area contributed by atoms with Gasteiger partial charge in [-0.3, -0.25) is 0 Å². The van der Waals surface area contributed by atoms with Crippen molar-refractivity contribution in [2.75, 3.05) is 6.54 Å². The molecular weight excluding hydrogens is 130 g/mol. The van der Waals surface area contributed by atoms with E-state index in [2.05, 4.69) is 0 Å². The van der Waals surface area contributed by atoms with Crippen molar-refractivity contribution in [1.29, 1.82) is 0 Å². The van der Waals surface area contributed by atoms with Crippen LogP contribution >= 0.6 is 0 Å². The van der Waals surface area contributed by atoms with Gasteiger partial charge in [-0.05, 0) is 13.5 Å². The summed E-state index contributed by atoms with van der Waals surface area (Å²) in [5, 5.41) is 0. The van der Waals surface area contributed by atoms with Gasteiger partial charge in [-0.2, -0.15) is 0 Å². The molecule has 0 aliphatic rings. The van der Waals surface area contributed by atoms with E-state index >= 15 is 0 Å². The third-order valence-electron chi connectivity index (χ3n) is 0.498. The molecule has 62 valence electrons. The fraction of sp³-hybridized carbons (Fsp3) is 0.714. The van der Waals surface area contributed by atoms with Gasteiger partial charge in [-0.25, -0.2) is 0 Å². The Labute approximate surface area is 62.6 Å². The molecule has 10 heavy (non-hydrogen) atoms. The molecule has 0 aliphatic carbocycles. The van der Waals surface area contributed by atoms with Crippen LogP contribution in [0.1, 0.15) is 27.2 Å². The number of Topliss-reactive ketones (excluding diaryl/α,β-unsaturated/α-hetero) is 1. The quantitative estimate of drug-likeness (QED) is 0.595. The monoisotopic (exact) mass is 147 g/mol. The van der Waals surface area contributed by atoms with Gasteiger partial charge in [-0.1, -0.05) is 13.8 Å². The van der Waals surface area contributed by atoms with Crippen molar-refractivity contribution in [2.45, 2.75) is 27.2 Å². The first-order valence-corrected chi connectivity index (χ1v) is 3.17.